The molecule has 9 heteroatoms. The molecule has 0 unspecified atom stereocenters. The van der Waals surface area contributed by atoms with Crippen molar-refractivity contribution in [1.82, 2.24) is 0 Å². The molecule has 0 N–H and O–H groups in total. The molecule has 3 aromatic rings. The molecule has 0 amide bonds. The van der Waals surface area contributed by atoms with Gasteiger partial charge in [-0.05, 0) is 40.5 Å². The Bertz CT molecular complexity index is 1740. The van der Waals surface area contributed by atoms with E-state index in [-0.39, 0.29) is 57.8 Å². The van der Waals surface area contributed by atoms with E-state index >= 15 is 0 Å². The van der Waals surface area contributed by atoms with Crippen LogP contribution >= 0.6 is 0 Å². The minimum Gasteiger partial charge on any atom is -0.493 e. The molecule has 0 spiro atoms. The molecule has 3 rings (SSSR count). The van der Waals surface area contributed by atoms with Gasteiger partial charge in [-0.25, -0.2) is 0 Å². The third-order valence-corrected chi connectivity index (χ3v) is 6.96. The second-order valence-electron chi connectivity index (χ2n) is 12.4. The second-order valence-corrected chi connectivity index (χ2v) is 12.4. The summed E-state index contributed by atoms with van der Waals surface area (Å²) in [4.78, 5) is 53.1. The normalized spacial score (nSPS) is 11.2. The first-order chi connectivity index (χ1) is 21.1. The monoisotopic (exact) mass is 620 g/mol. The van der Waals surface area contributed by atoms with Gasteiger partial charge in [0.05, 0.1) is 30.2 Å². The van der Waals surface area contributed by atoms with Crippen molar-refractivity contribution < 1.29 is 37.7 Å². The average Bonchev–Trinajstić information content (AvgIpc) is 2.94. The number of methoxy groups -OCH3 is 1. The Hall–Kier alpha value is -4.40. The van der Waals surface area contributed by atoms with E-state index < -0.39 is 41.1 Å². The summed E-state index contributed by atoms with van der Waals surface area (Å²) in [6.45, 7) is 17.9. The molecule has 0 aliphatic carbocycles. The number of hydrogen-bond donors (Lipinski definition) is 0. The van der Waals surface area contributed by atoms with E-state index in [1.165, 1.54) is 19.2 Å². The molecule has 45 heavy (non-hydrogen) atoms. The van der Waals surface area contributed by atoms with Crippen LogP contribution in [0.2, 0.25) is 0 Å². The number of hydrogen-bond acceptors (Lipinski definition) is 9. The highest BCUT2D eigenvalue weighted by Gasteiger charge is 2.28. The van der Waals surface area contributed by atoms with Crippen molar-refractivity contribution in [3.05, 3.63) is 56.8 Å². The van der Waals surface area contributed by atoms with E-state index in [0.29, 0.717) is 11.1 Å². The van der Waals surface area contributed by atoms with Crippen molar-refractivity contribution >= 4 is 39.8 Å². The first-order valence-electron chi connectivity index (χ1n) is 15.1. The fourth-order valence-electron chi connectivity index (χ4n) is 4.36. The van der Waals surface area contributed by atoms with Gasteiger partial charge in [-0.15, -0.1) is 0 Å². The lowest BCUT2D eigenvalue weighted by Crippen LogP contribution is -2.20. The van der Waals surface area contributed by atoms with E-state index in [1.54, 1.807) is 41.5 Å². The summed E-state index contributed by atoms with van der Waals surface area (Å²) in [5.74, 6) is -2.57. The SMILES string of the molecule is COc1c(OC(=O)C(C)C)cc2oc3cc(OC(=O)C(C)C)c(CC=C(C)C)c(OC(=O)C(C)C)c3c(=O)c2c1CC=C(C)C. The molecule has 0 saturated heterocycles. The fraction of sp³-hybridized carbons (Fsp3) is 0.444. The summed E-state index contributed by atoms with van der Waals surface area (Å²) in [7, 11) is 1.44. The summed E-state index contributed by atoms with van der Waals surface area (Å²) in [5.41, 5.74) is 2.45. The van der Waals surface area contributed by atoms with Crippen LogP contribution in [0.25, 0.3) is 21.9 Å². The molecule has 1 heterocycles. The van der Waals surface area contributed by atoms with Gasteiger partial charge in [-0.3, -0.25) is 19.2 Å². The first kappa shape index (κ1) is 35.1. The van der Waals surface area contributed by atoms with Crippen molar-refractivity contribution in [3.63, 3.8) is 0 Å². The highest BCUT2D eigenvalue weighted by atomic mass is 16.6. The first-order valence-corrected chi connectivity index (χ1v) is 15.1. The summed E-state index contributed by atoms with van der Waals surface area (Å²) < 4.78 is 29.5. The molecule has 242 valence electrons. The number of rotatable bonds is 11. The Labute approximate surface area is 264 Å². The molecule has 0 bridgehead atoms. The number of ether oxygens (including phenoxy) is 4. The molecular weight excluding hydrogens is 576 g/mol. The van der Waals surface area contributed by atoms with E-state index in [4.69, 9.17) is 23.4 Å². The molecule has 0 aliphatic rings. The summed E-state index contributed by atoms with van der Waals surface area (Å²) in [5, 5.41) is 0.202. The molecule has 0 atom stereocenters. The largest absolute Gasteiger partial charge is 0.493 e. The average molecular weight is 621 g/mol. The van der Waals surface area contributed by atoms with Crippen LogP contribution in [-0.2, 0) is 27.2 Å². The molecule has 0 fully saturated rings. The zero-order valence-electron chi connectivity index (χ0n) is 28.1. The van der Waals surface area contributed by atoms with Crippen molar-refractivity contribution in [2.45, 2.75) is 82.1 Å². The summed E-state index contributed by atoms with van der Waals surface area (Å²) >= 11 is 0. The van der Waals surface area contributed by atoms with Crippen LogP contribution in [0.1, 0.15) is 80.4 Å². The highest BCUT2D eigenvalue weighted by molar-refractivity contribution is 5.99. The number of fused-ring (bicyclic) bond motifs is 2. The van der Waals surface area contributed by atoms with Crippen LogP contribution in [0, 0.1) is 17.8 Å². The summed E-state index contributed by atoms with van der Waals surface area (Å²) in [6, 6.07) is 2.91. The predicted molar refractivity (Wildman–Crippen MR) is 174 cm³/mol. The standard InChI is InChI=1S/C36H44O9/c1-18(2)12-14-23-25(43-34(38)20(5)6)16-27-30(33(23)45-36(40)22(9)10)31(37)29-24(15-13-19(3)4)32(41-11)28(17-26(29)42-27)44-35(39)21(7)8/h12-13,16-17,20-22H,14-15H2,1-11H3. The maximum atomic E-state index is 14.6. The van der Waals surface area contributed by atoms with Crippen molar-refractivity contribution in [2.75, 3.05) is 7.11 Å². The van der Waals surface area contributed by atoms with Crippen molar-refractivity contribution in [3.8, 4) is 23.0 Å². The van der Waals surface area contributed by atoms with E-state index in [9.17, 15) is 19.2 Å². The Morgan fingerprint density at radius 1 is 0.667 bits per heavy atom. The smallest absolute Gasteiger partial charge is 0.313 e. The minimum atomic E-state index is -0.570. The van der Waals surface area contributed by atoms with Crippen LogP contribution in [-0.4, -0.2) is 25.0 Å². The molecule has 9 nitrogen and oxygen atoms in total. The van der Waals surface area contributed by atoms with Crippen LogP contribution in [0.4, 0.5) is 0 Å². The molecule has 0 aliphatic heterocycles. The van der Waals surface area contributed by atoms with Gasteiger partial charge in [-0.2, -0.15) is 0 Å². The predicted octanol–water partition coefficient (Wildman–Crippen LogP) is 7.66. The third-order valence-electron chi connectivity index (χ3n) is 6.96. The van der Waals surface area contributed by atoms with Gasteiger partial charge in [0.25, 0.3) is 0 Å². The van der Waals surface area contributed by atoms with Gasteiger partial charge in [0, 0.05) is 23.3 Å². The lowest BCUT2D eigenvalue weighted by molar-refractivity contribution is -0.138. The van der Waals surface area contributed by atoms with E-state index in [1.807, 2.05) is 39.8 Å². The molecule has 0 saturated carbocycles. The van der Waals surface area contributed by atoms with Gasteiger partial charge in [0.2, 0.25) is 5.43 Å². The Balaban J connectivity index is 2.60. The quantitative estimate of drug-likeness (QED) is 0.0921. The number of carbonyl (C=O) groups is 3. The fourth-order valence-corrected chi connectivity index (χ4v) is 4.36. The minimum absolute atomic E-state index is 0.0189. The van der Waals surface area contributed by atoms with Gasteiger partial charge in [0.1, 0.15) is 22.3 Å². The lowest BCUT2D eigenvalue weighted by Gasteiger charge is -2.19. The zero-order chi connectivity index (χ0) is 33.7. The molecule has 0 radical (unpaired) electrons. The molecule has 1 aromatic heterocycles. The maximum Gasteiger partial charge on any atom is 0.313 e. The van der Waals surface area contributed by atoms with Crippen LogP contribution in [0.5, 0.6) is 23.0 Å². The van der Waals surface area contributed by atoms with Crippen LogP contribution in [0.15, 0.2) is 44.6 Å². The molecule has 2 aromatic carbocycles. The number of esters is 3. The topological polar surface area (TPSA) is 118 Å². The van der Waals surface area contributed by atoms with Crippen LogP contribution < -0.4 is 24.4 Å². The van der Waals surface area contributed by atoms with Gasteiger partial charge < -0.3 is 23.4 Å². The van der Waals surface area contributed by atoms with E-state index in [0.717, 1.165) is 11.1 Å². The zero-order valence-corrected chi connectivity index (χ0v) is 28.1. The van der Waals surface area contributed by atoms with Crippen molar-refractivity contribution in [2.24, 2.45) is 17.8 Å². The Morgan fingerprint density at radius 3 is 1.60 bits per heavy atom. The number of benzene rings is 2. The summed E-state index contributed by atoms with van der Waals surface area (Å²) in [6.07, 6.45) is 4.29. The lowest BCUT2D eigenvalue weighted by atomic mass is 9.98. The van der Waals surface area contributed by atoms with Gasteiger partial charge >= 0.3 is 17.9 Å². The third kappa shape index (κ3) is 8.01. The van der Waals surface area contributed by atoms with E-state index in [2.05, 4.69) is 0 Å². The Kier molecular flexibility index (Phi) is 11.4. The number of allylic oxidation sites excluding steroid dienone is 4. The maximum absolute atomic E-state index is 14.6. The van der Waals surface area contributed by atoms with Crippen molar-refractivity contribution in [1.29, 1.82) is 0 Å². The Morgan fingerprint density at radius 2 is 1.11 bits per heavy atom. The number of carbonyl (C=O) groups excluding carboxylic acids is 3. The van der Waals surface area contributed by atoms with Gasteiger partial charge in [-0.1, -0.05) is 64.8 Å². The second kappa shape index (κ2) is 14.6. The van der Waals surface area contributed by atoms with Crippen LogP contribution in [0.3, 0.4) is 0 Å². The molecular formula is C36H44O9. The highest BCUT2D eigenvalue weighted by Crippen LogP contribution is 2.42. The van der Waals surface area contributed by atoms with Gasteiger partial charge in [0.15, 0.2) is 17.2 Å².